The highest BCUT2D eigenvalue weighted by Gasteiger charge is 2.41. The van der Waals surface area contributed by atoms with Crippen LogP contribution in [0.4, 0.5) is 0 Å². The molecule has 1 spiro atoms. The zero-order chi connectivity index (χ0) is 18.6. The maximum atomic E-state index is 12.6. The molecule has 2 aliphatic rings. The van der Waals surface area contributed by atoms with Crippen molar-refractivity contribution in [2.75, 3.05) is 26.7 Å². The topological polar surface area (TPSA) is 71.6 Å². The summed E-state index contributed by atoms with van der Waals surface area (Å²) in [5.74, 6) is 1.50. The predicted molar refractivity (Wildman–Crippen MR) is 116 cm³/mol. The lowest BCUT2D eigenvalue weighted by Gasteiger charge is -2.33. The van der Waals surface area contributed by atoms with Gasteiger partial charge >= 0.3 is 0 Å². The molecular formula is C20H33Cl2N3O3. The molecule has 3 N–H and O–H groups in total. The van der Waals surface area contributed by atoms with Crippen molar-refractivity contribution in [2.45, 2.75) is 51.8 Å². The minimum Gasteiger partial charge on any atom is -0.493 e. The Morgan fingerprint density at radius 1 is 1.25 bits per heavy atom. The molecule has 0 aromatic heterocycles. The fourth-order valence-corrected chi connectivity index (χ4v) is 3.93. The average Bonchev–Trinajstić information content (AvgIpc) is 3.04. The number of hydrogen-bond acceptors (Lipinski definition) is 5. The summed E-state index contributed by atoms with van der Waals surface area (Å²) in [5, 5.41) is 9.89. The second-order valence-electron chi connectivity index (χ2n) is 7.76. The Bertz CT molecular complexity index is 637. The van der Waals surface area contributed by atoms with Gasteiger partial charge < -0.3 is 25.4 Å². The first-order valence-electron chi connectivity index (χ1n) is 9.57. The first-order valence-corrected chi connectivity index (χ1v) is 9.57. The van der Waals surface area contributed by atoms with Gasteiger partial charge in [-0.25, -0.2) is 0 Å². The lowest BCUT2D eigenvalue weighted by Crippen LogP contribution is -2.40. The summed E-state index contributed by atoms with van der Waals surface area (Å²) in [7, 11) is 1.63. The van der Waals surface area contributed by atoms with Crippen LogP contribution in [-0.2, 0) is 11.3 Å². The minimum atomic E-state index is -0.0847. The molecule has 2 aliphatic heterocycles. The van der Waals surface area contributed by atoms with E-state index in [1.165, 1.54) is 0 Å². The highest BCUT2D eigenvalue weighted by atomic mass is 35.5. The summed E-state index contributed by atoms with van der Waals surface area (Å²) in [4.78, 5) is 12.6. The van der Waals surface area contributed by atoms with Crippen molar-refractivity contribution in [1.82, 2.24) is 16.0 Å². The first kappa shape index (κ1) is 24.8. The molecule has 28 heavy (non-hydrogen) atoms. The molecule has 2 fully saturated rings. The molecule has 0 bridgehead atoms. The van der Waals surface area contributed by atoms with E-state index in [4.69, 9.17) is 9.47 Å². The lowest BCUT2D eigenvalue weighted by molar-refractivity contribution is -0.123. The number of hydrogen-bond donors (Lipinski definition) is 3. The Balaban J connectivity index is 0.00000196. The molecule has 3 rings (SSSR count). The van der Waals surface area contributed by atoms with Crippen molar-refractivity contribution in [3.05, 3.63) is 23.8 Å². The van der Waals surface area contributed by atoms with Crippen LogP contribution >= 0.6 is 24.8 Å². The van der Waals surface area contributed by atoms with E-state index in [9.17, 15) is 4.79 Å². The number of carbonyl (C=O) groups is 1. The standard InChI is InChI=1S/C20H31N3O3.2ClH/c1-14(2)26-17-5-4-15(10-18(17)25-3)12-22-19(24)16-11-20(13-23-16)6-8-21-9-7-20;;/h4-5,10,14,16,21,23H,6-9,11-13H2,1-3H3,(H,22,24);2*1H. The Kier molecular flexibility index (Phi) is 9.84. The Morgan fingerprint density at radius 3 is 2.61 bits per heavy atom. The fourth-order valence-electron chi connectivity index (χ4n) is 3.93. The van der Waals surface area contributed by atoms with E-state index in [2.05, 4.69) is 16.0 Å². The number of ether oxygens (including phenoxy) is 2. The van der Waals surface area contributed by atoms with E-state index >= 15 is 0 Å². The van der Waals surface area contributed by atoms with E-state index in [1.807, 2.05) is 32.0 Å². The molecule has 0 saturated carbocycles. The van der Waals surface area contributed by atoms with Crippen LogP contribution in [-0.4, -0.2) is 44.8 Å². The molecule has 2 saturated heterocycles. The number of methoxy groups -OCH3 is 1. The third-order valence-corrected chi connectivity index (χ3v) is 5.40. The van der Waals surface area contributed by atoms with Gasteiger partial charge in [0.05, 0.1) is 19.3 Å². The van der Waals surface area contributed by atoms with Crippen molar-refractivity contribution >= 4 is 30.7 Å². The first-order chi connectivity index (χ1) is 12.5. The molecule has 1 amide bonds. The smallest absolute Gasteiger partial charge is 0.237 e. The molecule has 1 aromatic carbocycles. The van der Waals surface area contributed by atoms with Crippen LogP contribution in [0.5, 0.6) is 11.5 Å². The largest absolute Gasteiger partial charge is 0.493 e. The van der Waals surface area contributed by atoms with Crippen molar-refractivity contribution in [3.8, 4) is 11.5 Å². The average molecular weight is 434 g/mol. The number of amides is 1. The van der Waals surface area contributed by atoms with Crippen LogP contribution in [0.1, 0.15) is 38.7 Å². The van der Waals surface area contributed by atoms with Crippen molar-refractivity contribution < 1.29 is 14.3 Å². The van der Waals surface area contributed by atoms with Gasteiger partial charge in [-0.05, 0) is 69.3 Å². The number of benzene rings is 1. The zero-order valence-electron chi connectivity index (χ0n) is 16.9. The number of piperidine rings is 1. The van der Waals surface area contributed by atoms with Gasteiger partial charge in [-0.1, -0.05) is 6.07 Å². The Hall–Kier alpha value is -1.21. The van der Waals surface area contributed by atoms with Crippen LogP contribution in [0.3, 0.4) is 0 Å². The molecule has 0 radical (unpaired) electrons. The highest BCUT2D eigenvalue weighted by Crippen LogP contribution is 2.37. The predicted octanol–water partition coefficient (Wildman–Crippen LogP) is 2.67. The van der Waals surface area contributed by atoms with Crippen LogP contribution in [0, 0.1) is 5.41 Å². The monoisotopic (exact) mass is 433 g/mol. The molecule has 2 heterocycles. The number of nitrogens with one attached hydrogen (secondary N) is 3. The molecule has 1 unspecified atom stereocenters. The van der Waals surface area contributed by atoms with Crippen molar-refractivity contribution in [1.29, 1.82) is 0 Å². The molecule has 160 valence electrons. The molecular weight excluding hydrogens is 401 g/mol. The molecule has 0 aliphatic carbocycles. The van der Waals surface area contributed by atoms with E-state index in [0.29, 0.717) is 17.7 Å². The zero-order valence-corrected chi connectivity index (χ0v) is 18.5. The molecule has 8 heteroatoms. The summed E-state index contributed by atoms with van der Waals surface area (Å²) >= 11 is 0. The maximum Gasteiger partial charge on any atom is 0.237 e. The normalized spacial score (nSPS) is 20.2. The number of rotatable bonds is 6. The SMILES string of the molecule is COc1cc(CNC(=O)C2CC3(CCNCC3)CN2)ccc1OC(C)C.Cl.Cl. The van der Waals surface area contributed by atoms with Gasteiger partial charge in [0.2, 0.25) is 5.91 Å². The maximum absolute atomic E-state index is 12.6. The summed E-state index contributed by atoms with van der Waals surface area (Å²) in [6.07, 6.45) is 3.33. The summed E-state index contributed by atoms with van der Waals surface area (Å²) in [5.41, 5.74) is 1.30. The van der Waals surface area contributed by atoms with Crippen LogP contribution < -0.4 is 25.4 Å². The van der Waals surface area contributed by atoms with Crippen molar-refractivity contribution in [2.24, 2.45) is 5.41 Å². The molecule has 6 nitrogen and oxygen atoms in total. The van der Waals surface area contributed by atoms with E-state index in [1.54, 1.807) is 7.11 Å². The Labute approximate surface area is 180 Å². The van der Waals surface area contributed by atoms with Crippen LogP contribution in [0.15, 0.2) is 18.2 Å². The van der Waals surface area contributed by atoms with Gasteiger partial charge in [0.1, 0.15) is 0 Å². The van der Waals surface area contributed by atoms with E-state index < -0.39 is 0 Å². The van der Waals surface area contributed by atoms with Crippen LogP contribution in [0.25, 0.3) is 0 Å². The summed E-state index contributed by atoms with van der Waals surface area (Å²) in [6, 6.07) is 5.71. The van der Waals surface area contributed by atoms with Crippen molar-refractivity contribution in [3.63, 3.8) is 0 Å². The second kappa shape index (κ2) is 11.1. The minimum absolute atomic E-state index is 0. The van der Waals surface area contributed by atoms with Gasteiger partial charge in [-0.2, -0.15) is 0 Å². The quantitative estimate of drug-likeness (QED) is 0.642. The summed E-state index contributed by atoms with van der Waals surface area (Å²) < 4.78 is 11.1. The number of halogens is 2. The third-order valence-electron chi connectivity index (χ3n) is 5.40. The fraction of sp³-hybridized carbons (Fsp3) is 0.650. The number of carbonyl (C=O) groups excluding carboxylic acids is 1. The highest BCUT2D eigenvalue weighted by molar-refractivity contribution is 5.85. The van der Waals surface area contributed by atoms with E-state index in [0.717, 1.165) is 50.2 Å². The lowest BCUT2D eigenvalue weighted by atomic mass is 9.77. The van der Waals surface area contributed by atoms with Gasteiger partial charge in [0, 0.05) is 13.1 Å². The second-order valence-corrected chi connectivity index (χ2v) is 7.76. The summed E-state index contributed by atoms with van der Waals surface area (Å²) in [6.45, 7) is 7.52. The van der Waals surface area contributed by atoms with Gasteiger partial charge in [-0.15, -0.1) is 24.8 Å². The van der Waals surface area contributed by atoms with Gasteiger partial charge in [0.15, 0.2) is 11.5 Å². The van der Waals surface area contributed by atoms with E-state index in [-0.39, 0.29) is 42.9 Å². The Morgan fingerprint density at radius 2 is 1.96 bits per heavy atom. The van der Waals surface area contributed by atoms with Gasteiger partial charge in [0.25, 0.3) is 0 Å². The van der Waals surface area contributed by atoms with Gasteiger partial charge in [-0.3, -0.25) is 4.79 Å². The molecule has 1 atom stereocenters. The third kappa shape index (κ3) is 6.14. The van der Waals surface area contributed by atoms with Crippen LogP contribution in [0.2, 0.25) is 0 Å². The molecule has 1 aromatic rings.